The predicted octanol–water partition coefficient (Wildman–Crippen LogP) is 3.01. The fourth-order valence-electron chi connectivity index (χ4n) is 2.33. The molecule has 0 atom stereocenters. The Bertz CT molecular complexity index is 820. The van der Waals surface area contributed by atoms with Gasteiger partial charge in [-0.15, -0.1) is 0 Å². The summed E-state index contributed by atoms with van der Waals surface area (Å²) in [7, 11) is 0. The Morgan fingerprint density at radius 2 is 1.78 bits per heavy atom. The normalized spacial score (nSPS) is 10.2. The van der Waals surface area contributed by atoms with Gasteiger partial charge in [0, 0.05) is 30.5 Å². The topological polar surface area (TPSA) is 88.6 Å². The molecule has 2 rings (SSSR count). The molecule has 0 aliphatic rings. The number of nitrogens with one attached hydrogen (secondary N) is 1. The monoisotopic (exact) mass is 389 g/mol. The molecule has 0 saturated heterocycles. The molecule has 1 heterocycles. The average Bonchev–Trinajstić information content (AvgIpc) is 2.68. The van der Waals surface area contributed by atoms with Crippen LogP contribution in [0.3, 0.4) is 0 Å². The van der Waals surface area contributed by atoms with Gasteiger partial charge in [0.2, 0.25) is 0 Å². The van der Waals surface area contributed by atoms with E-state index in [1.165, 1.54) is 12.3 Å². The Labute approximate surface area is 162 Å². The molecule has 7 nitrogen and oxygen atoms in total. The molecule has 27 heavy (non-hydrogen) atoms. The number of esters is 1. The van der Waals surface area contributed by atoms with E-state index in [1.807, 2.05) is 13.8 Å². The van der Waals surface area contributed by atoms with Crippen LogP contribution in [0.15, 0.2) is 42.6 Å². The Kier molecular flexibility index (Phi) is 7.31. The summed E-state index contributed by atoms with van der Waals surface area (Å²) in [6, 6.07) is 9.52. The van der Waals surface area contributed by atoms with Gasteiger partial charge in [0.15, 0.2) is 6.61 Å². The number of carbonyl (C=O) groups excluding carboxylic acids is 3. The maximum absolute atomic E-state index is 12.2. The van der Waals surface area contributed by atoms with Crippen molar-refractivity contribution in [2.75, 3.05) is 25.0 Å². The van der Waals surface area contributed by atoms with Crippen molar-refractivity contribution in [3.63, 3.8) is 0 Å². The summed E-state index contributed by atoms with van der Waals surface area (Å²) >= 11 is 5.80. The summed E-state index contributed by atoms with van der Waals surface area (Å²) in [6.07, 6.45) is 1.44. The molecule has 0 saturated carbocycles. The standard InChI is InChI=1S/C19H20ClN3O4/c1-3-23(4-2)18(25)13-7-9-14(10-8-13)22-16(24)12-27-19(26)15-6-5-11-21-17(15)20/h5-11H,3-4,12H2,1-2H3,(H,22,24). The largest absolute Gasteiger partial charge is 0.452 e. The van der Waals surface area contributed by atoms with Gasteiger partial charge in [0.05, 0.1) is 5.56 Å². The second-order valence-electron chi connectivity index (χ2n) is 5.52. The fraction of sp³-hybridized carbons (Fsp3) is 0.263. The van der Waals surface area contributed by atoms with E-state index in [4.69, 9.17) is 16.3 Å². The third-order valence-corrected chi connectivity index (χ3v) is 4.08. The first-order chi connectivity index (χ1) is 13.0. The minimum atomic E-state index is -0.733. The van der Waals surface area contributed by atoms with Gasteiger partial charge in [-0.3, -0.25) is 9.59 Å². The number of anilines is 1. The Morgan fingerprint density at radius 1 is 1.11 bits per heavy atom. The third-order valence-electron chi connectivity index (χ3n) is 3.78. The number of benzene rings is 1. The van der Waals surface area contributed by atoms with Gasteiger partial charge in [0.25, 0.3) is 11.8 Å². The molecule has 0 bridgehead atoms. The van der Waals surface area contributed by atoms with Crippen molar-refractivity contribution in [2.45, 2.75) is 13.8 Å². The zero-order chi connectivity index (χ0) is 19.8. The molecule has 8 heteroatoms. The highest BCUT2D eigenvalue weighted by Gasteiger charge is 2.15. The number of pyridine rings is 1. The van der Waals surface area contributed by atoms with Crippen molar-refractivity contribution in [2.24, 2.45) is 0 Å². The van der Waals surface area contributed by atoms with E-state index in [2.05, 4.69) is 10.3 Å². The quantitative estimate of drug-likeness (QED) is 0.580. The number of hydrogen-bond acceptors (Lipinski definition) is 5. The van der Waals surface area contributed by atoms with E-state index < -0.39 is 18.5 Å². The van der Waals surface area contributed by atoms with Crippen LogP contribution < -0.4 is 5.32 Å². The maximum Gasteiger partial charge on any atom is 0.341 e. The summed E-state index contributed by atoms with van der Waals surface area (Å²) in [4.78, 5) is 41.6. The van der Waals surface area contributed by atoms with Gasteiger partial charge in [-0.25, -0.2) is 9.78 Å². The molecular formula is C19H20ClN3O4. The molecule has 0 radical (unpaired) electrons. The van der Waals surface area contributed by atoms with Gasteiger partial charge < -0.3 is 15.0 Å². The molecule has 1 aromatic heterocycles. The molecule has 0 unspecified atom stereocenters. The second-order valence-corrected chi connectivity index (χ2v) is 5.88. The Hall–Kier alpha value is -2.93. The van der Waals surface area contributed by atoms with Crippen LogP contribution >= 0.6 is 11.6 Å². The lowest BCUT2D eigenvalue weighted by Crippen LogP contribution is -2.30. The maximum atomic E-state index is 12.2. The van der Waals surface area contributed by atoms with E-state index in [-0.39, 0.29) is 16.6 Å². The van der Waals surface area contributed by atoms with Crippen molar-refractivity contribution in [1.29, 1.82) is 0 Å². The van der Waals surface area contributed by atoms with Crippen LogP contribution in [0.2, 0.25) is 5.15 Å². The fourth-order valence-corrected chi connectivity index (χ4v) is 2.53. The zero-order valence-corrected chi connectivity index (χ0v) is 15.8. The van der Waals surface area contributed by atoms with Gasteiger partial charge in [-0.05, 0) is 50.2 Å². The van der Waals surface area contributed by atoms with Gasteiger partial charge in [0.1, 0.15) is 5.15 Å². The van der Waals surface area contributed by atoms with E-state index in [1.54, 1.807) is 35.2 Å². The first kappa shape index (κ1) is 20.4. The minimum Gasteiger partial charge on any atom is -0.452 e. The summed E-state index contributed by atoms with van der Waals surface area (Å²) < 4.78 is 4.93. The van der Waals surface area contributed by atoms with Gasteiger partial charge >= 0.3 is 5.97 Å². The number of halogens is 1. The molecule has 1 aromatic carbocycles. The number of rotatable bonds is 7. The van der Waals surface area contributed by atoms with Crippen LogP contribution in [0.5, 0.6) is 0 Å². The number of aromatic nitrogens is 1. The number of amides is 2. The van der Waals surface area contributed by atoms with Crippen molar-refractivity contribution >= 4 is 35.1 Å². The first-order valence-electron chi connectivity index (χ1n) is 8.43. The van der Waals surface area contributed by atoms with E-state index in [9.17, 15) is 14.4 Å². The second kappa shape index (κ2) is 9.68. The highest BCUT2D eigenvalue weighted by molar-refractivity contribution is 6.32. The lowest BCUT2D eigenvalue weighted by Gasteiger charge is -2.18. The van der Waals surface area contributed by atoms with Crippen LogP contribution in [0.1, 0.15) is 34.6 Å². The SMILES string of the molecule is CCN(CC)C(=O)c1ccc(NC(=O)COC(=O)c2cccnc2Cl)cc1. The van der Waals surface area contributed by atoms with Crippen molar-refractivity contribution in [1.82, 2.24) is 9.88 Å². The average molecular weight is 390 g/mol. The van der Waals surface area contributed by atoms with Crippen LogP contribution in [-0.2, 0) is 9.53 Å². The molecule has 2 amide bonds. The number of ether oxygens (including phenoxy) is 1. The lowest BCUT2D eigenvalue weighted by atomic mass is 10.2. The van der Waals surface area contributed by atoms with Crippen LogP contribution in [0, 0.1) is 0 Å². The summed E-state index contributed by atoms with van der Waals surface area (Å²) in [5.74, 6) is -1.31. The summed E-state index contributed by atoms with van der Waals surface area (Å²) in [5.41, 5.74) is 1.12. The van der Waals surface area contributed by atoms with Crippen molar-refractivity contribution < 1.29 is 19.1 Å². The third kappa shape index (κ3) is 5.52. The van der Waals surface area contributed by atoms with E-state index in [0.717, 1.165) is 0 Å². The van der Waals surface area contributed by atoms with Crippen LogP contribution in [0.4, 0.5) is 5.69 Å². The zero-order valence-electron chi connectivity index (χ0n) is 15.1. The molecule has 0 spiro atoms. The molecular weight excluding hydrogens is 370 g/mol. The number of nitrogens with zero attached hydrogens (tertiary/aromatic N) is 2. The van der Waals surface area contributed by atoms with Crippen molar-refractivity contribution in [3.05, 3.63) is 58.9 Å². The predicted molar refractivity (Wildman–Crippen MR) is 102 cm³/mol. The highest BCUT2D eigenvalue weighted by atomic mass is 35.5. The number of hydrogen-bond donors (Lipinski definition) is 1. The molecule has 0 fully saturated rings. The summed E-state index contributed by atoms with van der Waals surface area (Å²) in [5, 5.41) is 2.61. The molecule has 2 aromatic rings. The first-order valence-corrected chi connectivity index (χ1v) is 8.80. The highest BCUT2D eigenvalue weighted by Crippen LogP contribution is 2.14. The molecule has 142 valence electrons. The summed E-state index contributed by atoms with van der Waals surface area (Å²) in [6.45, 7) is 4.61. The van der Waals surface area contributed by atoms with E-state index in [0.29, 0.717) is 24.3 Å². The number of carbonyl (C=O) groups is 3. The molecule has 0 aliphatic heterocycles. The van der Waals surface area contributed by atoms with Crippen LogP contribution in [-0.4, -0.2) is 47.4 Å². The Morgan fingerprint density at radius 3 is 2.37 bits per heavy atom. The van der Waals surface area contributed by atoms with Gasteiger partial charge in [-0.2, -0.15) is 0 Å². The molecule has 1 N–H and O–H groups in total. The van der Waals surface area contributed by atoms with Crippen molar-refractivity contribution in [3.8, 4) is 0 Å². The van der Waals surface area contributed by atoms with Crippen LogP contribution in [0.25, 0.3) is 0 Å². The molecule has 0 aliphatic carbocycles. The lowest BCUT2D eigenvalue weighted by molar-refractivity contribution is -0.119. The van der Waals surface area contributed by atoms with E-state index >= 15 is 0 Å². The van der Waals surface area contributed by atoms with Gasteiger partial charge in [-0.1, -0.05) is 11.6 Å². The smallest absolute Gasteiger partial charge is 0.341 e. The Balaban J connectivity index is 1.90. The minimum absolute atomic E-state index is 0.0105.